The molecule has 2 heterocycles. The number of amidine groups is 1. The highest BCUT2D eigenvalue weighted by molar-refractivity contribution is 7.98. The fraction of sp³-hybridized carbons (Fsp3) is 0.389. The third kappa shape index (κ3) is 2.80. The van der Waals surface area contributed by atoms with Gasteiger partial charge in [-0.1, -0.05) is 12.1 Å². The Kier molecular flexibility index (Phi) is 3.94. The molecule has 114 valence electrons. The van der Waals surface area contributed by atoms with Crippen LogP contribution in [0.15, 0.2) is 47.0 Å². The Morgan fingerprint density at radius 2 is 1.95 bits per heavy atom. The second-order valence-electron chi connectivity index (χ2n) is 5.91. The summed E-state index contributed by atoms with van der Waals surface area (Å²) in [6.07, 6.45) is 11.8. The molecular weight excluding hydrogens is 292 g/mol. The average Bonchev–Trinajstić information content (AvgIpc) is 3.08. The van der Waals surface area contributed by atoms with Crippen LogP contribution >= 0.6 is 11.9 Å². The van der Waals surface area contributed by atoms with E-state index in [9.17, 15) is 0 Å². The lowest BCUT2D eigenvalue weighted by Gasteiger charge is -2.29. The Labute approximate surface area is 135 Å². The molecule has 1 saturated carbocycles. The second-order valence-corrected chi connectivity index (χ2v) is 6.76. The minimum atomic E-state index is 0.414. The maximum Gasteiger partial charge on any atom is 0.148 e. The van der Waals surface area contributed by atoms with Crippen LogP contribution in [0.1, 0.15) is 31.2 Å². The predicted molar refractivity (Wildman–Crippen MR) is 93.0 cm³/mol. The molecule has 0 spiro atoms. The Balaban J connectivity index is 1.53. The average molecular weight is 312 g/mol. The molecule has 22 heavy (non-hydrogen) atoms. The highest BCUT2D eigenvalue weighted by Crippen LogP contribution is 2.29. The molecule has 4 heteroatoms. The van der Waals surface area contributed by atoms with Crippen LogP contribution in [0.5, 0.6) is 5.75 Å². The maximum atomic E-state index is 6.05. The van der Waals surface area contributed by atoms with Crippen molar-refractivity contribution in [2.24, 2.45) is 4.40 Å². The number of hydrogen-bond donors (Lipinski definition) is 0. The third-order valence-electron chi connectivity index (χ3n) is 4.39. The highest BCUT2D eigenvalue weighted by atomic mass is 32.2. The Morgan fingerprint density at radius 1 is 1.14 bits per heavy atom. The molecule has 0 aromatic heterocycles. The van der Waals surface area contributed by atoms with Gasteiger partial charge in [0.05, 0.1) is 6.10 Å². The summed E-state index contributed by atoms with van der Waals surface area (Å²) < 4.78 is 10.7. The lowest BCUT2D eigenvalue weighted by molar-refractivity contribution is 0.210. The summed E-state index contributed by atoms with van der Waals surface area (Å²) in [5.41, 5.74) is 2.40. The molecule has 1 fully saturated rings. The fourth-order valence-corrected chi connectivity index (χ4v) is 3.90. The van der Waals surface area contributed by atoms with Crippen molar-refractivity contribution in [2.45, 2.75) is 31.8 Å². The van der Waals surface area contributed by atoms with Crippen LogP contribution < -0.4 is 4.74 Å². The van der Waals surface area contributed by atoms with Crippen LogP contribution in [0, 0.1) is 0 Å². The zero-order valence-electron chi connectivity index (χ0n) is 12.6. The summed E-state index contributed by atoms with van der Waals surface area (Å²) in [4.78, 5) is 2.23. The largest absolute Gasteiger partial charge is 0.490 e. The van der Waals surface area contributed by atoms with E-state index in [2.05, 4.69) is 51.9 Å². The van der Waals surface area contributed by atoms with Crippen LogP contribution in [0.3, 0.4) is 0 Å². The SMILES string of the molecule is C1=CN2CCSN=C2C(c2ccc(OC3CCCC3)cc2)=C1. The number of fused-ring (bicyclic) bond motifs is 1. The fourth-order valence-electron chi connectivity index (χ4n) is 3.21. The molecule has 3 nitrogen and oxygen atoms in total. The predicted octanol–water partition coefficient (Wildman–Crippen LogP) is 4.28. The number of benzene rings is 1. The van der Waals surface area contributed by atoms with Gasteiger partial charge in [-0.2, -0.15) is 4.40 Å². The summed E-state index contributed by atoms with van der Waals surface area (Å²) in [5, 5.41) is 0. The van der Waals surface area contributed by atoms with Gasteiger partial charge in [-0.15, -0.1) is 0 Å². The van der Waals surface area contributed by atoms with Gasteiger partial charge in [0.15, 0.2) is 0 Å². The van der Waals surface area contributed by atoms with Gasteiger partial charge >= 0.3 is 0 Å². The topological polar surface area (TPSA) is 24.8 Å². The number of ether oxygens (including phenoxy) is 1. The molecule has 0 amide bonds. The van der Waals surface area contributed by atoms with E-state index in [4.69, 9.17) is 4.74 Å². The lowest BCUT2D eigenvalue weighted by Crippen LogP contribution is -2.32. The standard InChI is InChI=1S/C18H20N2OS/c1-2-5-15(4-1)21-16-9-7-14(8-10-16)17-6-3-11-20-12-13-22-19-18(17)20/h3,6-11,15H,1-2,4-5,12-13H2. The van der Waals surface area contributed by atoms with Gasteiger partial charge < -0.3 is 9.64 Å². The molecule has 1 aromatic rings. The first-order chi connectivity index (χ1) is 10.9. The van der Waals surface area contributed by atoms with Gasteiger partial charge in [-0.25, -0.2) is 0 Å². The molecule has 0 bridgehead atoms. The molecule has 0 unspecified atom stereocenters. The first-order valence-electron chi connectivity index (χ1n) is 8.03. The van der Waals surface area contributed by atoms with Crippen LogP contribution in [-0.2, 0) is 0 Å². The van der Waals surface area contributed by atoms with Gasteiger partial charge in [0.25, 0.3) is 0 Å². The van der Waals surface area contributed by atoms with E-state index < -0.39 is 0 Å². The van der Waals surface area contributed by atoms with Gasteiger partial charge in [-0.3, -0.25) is 0 Å². The Hall–Kier alpha value is -1.68. The van der Waals surface area contributed by atoms with Crippen molar-refractivity contribution in [1.82, 2.24) is 4.90 Å². The minimum absolute atomic E-state index is 0.414. The molecule has 0 atom stereocenters. The van der Waals surface area contributed by atoms with Gasteiger partial charge in [-0.05, 0) is 67.5 Å². The molecular formula is C18H20N2OS. The van der Waals surface area contributed by atoms with E-state index in [1.54, 1.807) is 11.9 Å². The molecule has 1 aromatic carbocycles. The summed E-state index contributed by atoms with van der Waals surface area (Å²) in [6.45, 7) is 1.03. The van der Waals surface area contributed by atoms with E-state index >= 15 is 0 Å². The highest BCUT2D eigenvalue weighted by Gasteiger charge is 2.21. The summed E-state index contributed by atoms with van der Waals surface area (Å²) in [7, 11) is 0. The van der Waals surface area contributed by atoms with Crippen LogP contribution in [0.2, 0.25) is 0 Å². The molecule has 0 radical (unpaired) electrons. The molecule has 0 saturated heterocycles. The lowest BCUT2D eigenvalue weighted by atomic mass is 10.0. The van der Waals surface area contributed by atoms with Crippen molar-refractivity contribution >= 4 is 23.4 Å². The van der Waals surface area contributed by atoms with Gasteiger partial charge in [0.2, 0.25) is 0 Å². The molecule has 2 aliphatic heterocycles. The van der Waals surface area contributed by atoms with Crippen molar-refractivity contribution in [2.75, 3.05) is 12.3 Å². The van der Waals surface area contributed by atoms with E-state index in [1.165, 1.54) is 36.8 Å². The van der Waals surface area contributed by atoms with Crippen molar-refractivity contribution in [3.8, 4) is 5.75 Å². The third-order valence-corrected chi connectivity index (χ3v) is 5.05. The van der Waals surface area contributed by atoms with E-state index in [0.717, 1.165) is 23.9 Å². The van der Waals surface area contributed by atoms with Crippen LogP contribution in [-0.4, -0.2) is 29.1 Å². The summed E-state index contributed by atoms with van der Waals surface area (Å²) in [6, 6.07) is 8.48. The molecule has 3 aliphatic rings. The molecule has 0 N–H and O–H groups in total. The Bertz CT molecular complexity index is 627. The zero-order chi connectivity index (χ0) is 14.8. The monoisotopic (exact) mass is 312 g/mol. The summed E-state index contributed by atoms with van der Waals surface area (Å²) >= 11 is 1.65. The zero-order valence-corrected chi connectivity index (χ0v) is 13.4. The van der Waals surface area contributed by atoms with E-state index in [0.29, 0.717) is 6.10 Å². The molecule has 1 aliphatic carbocycles. The smallest absolute Gasteiger partial charge is 0.148 e. The van der Waals surface area contributed by atoms with Crippen molar-refractivity contribution < 1.29 is 4.74 Å². The number of nitrogens with zero attached hydrogens (tertiary/aromatic N) is 2. The summed E-state index contributed by atoms with van der Waals surface area (Å²) in [5.74, 6) is 3.11. The first kappa shape index (κ1) is 13.9. The number of allylic oxidation sites excluding steroid dienone is 2. The first-order valence-corrected chi connectivity index (χ1v) is 8.97. The van der Waals surface area contributed by atoms with E-state index in [-0.39, 0.29) is 0 Å². The molecule has 4 rings (SSSR count). The van der Waals surface area contributed by atoms with Crippen LogP contribution in [0.25, 0.3) is 5.57 Å². The normalized spacial score (nSPS) is 21.4. The quantitative estimate of drug-likeness (QED) is 0.779. The number of rotatable bonds is 3. The maximum absolute atomic E-state index is 6.05. The second kappa shape index (κ2) is 6.21. The minimum Gasteiger partial charge on any atom is -0.490 e. The van der Waals surface area contributed by atoms with E-state index in [1.807, 2.05) is 0 Å². The van der Waals surface area contributed by atoms with Gasteiger partial charge in [0.1, 0.15) is 11.6 Å². The van der Waals surface area contributed by atoms with Crippen molar-refractivity contribution in [3.05, 3.63) is 48.2 Å². The Morgan fingerprint density at radius 3 is 2.77 bits per heavy atom. The van der Waals surface area contributed by atoms with Gasteiger partial charge in [0, 0.05) is 24.1 Å². The van der Waals surface area contributed by atoms with Crippen molar-refractivity contribution in [1.29, 1.82) is 0 Å². The van der Waals surface area contributed by atoms with Crippen LogP contribution in [0.4, 0.5) is 0 Å². The number of hydrogen-bond acceptors (Lipinski definition) is 4. The van der Waals surface area contributed by atoms with Crippen molar-refractivity contribution in [3.63, 3.8) is 0 Å².